The first-order valence-corrected chi connectivity index (χ1v) is 13.2. The number of fused-ring (bicyclic) bond motifs is 2. The molecular weight excluding hydrogens is 526 g/mol. The summed E-state index contributed by atoms with van der Waals surface area (Å²) in [6.07, 6.45) is 1.20. The fraction of sp³-hybridized carbons (Fsp3) is 0.519. The molecule has 2 aliphatic rings. The third-order valence-corrected chi connectivity index (χ3v) is 7.40. The van der Waals surface area contributed by atoms with Gasteiger partial charge in [0.25, 0.3) is 11.4 Å². The third kappa shape index (κ3) is 5.55. The molecule has 40 heavy (non-hydrogen) atoms. The number of piperidine rings is 1. The minimum Gasteiger partial charge on any atom is -0.484 e. The number of hydrogen-bond acceptors (Lipinski definition) is 8. The Morgan fingerprint density at radius 2 is 1.80 bits per heavy atom. The van der Waals surface area contributed by atoms with Crippen molar-refractivity contribution in [2.45, 2.75) is 52.2 Å². The molecule has 3 aromatic rings. The lowest BCUT2D eigenvalue weighted by molar-refractivity contribution is 0.0269. The minimum atomic E-state index is -1.04. The third-order valence-electron chi connectivity index (χ3n) is 7.40. The molecule has 0 spiro atoms. The first kappa shape index (κ1) is 27.7. The number of ether oxygens (including phenoxy) is 2. The first-order valence-electron chi connectivity index (χ1n) is 13.2. The van der Waals surface area contributed by atoms with Crippen molar-refractivity contribution in [2.24, 2.45) is 5.41 Å². The highest BCUT2D eigenvalue weighted by atomic mass is 19.2. The summed E-state index contributed by atoms with van der Waals surface area (Å²) >= 11 is 0. The molecule has 1 atom stereocenters. The zero-order valence-corrected chi connectivity index (χ0v) is 22.6. The molecule has 2 aliphatic heterocycles. The summed E-state index contributed by atoms with van der Waals surface area (Å²) < 4.78 is 40.1. The minimum absolute atomic E-state index is 0.199. The molecule has 1 unspecified atom stereocenters. The van der Waals surface area contributed by atoms with Gasteiger partial charge in [-0.3, -0.25) is 9.69 Å². The number of aromatic nitrogens is 4. The van der Waals surface area contributed by atoms with Crippen LogP contribution in [-0.2, 0) is 6.54 Å². The maximum atomic E-state index is 13.9. The van der Waals surface area contributed by atoms with Crippen molar-refractivity contribution >= 4 is 17.1 Å². The summed E-state index contributed by atoms with van der Waals surface area (Å²) in [5.74, 6) is -1.32. The molecule has 1 fully saturated rings. The Balaban J connectivity index is 1.31. The maximum absolute atomic E-state index is 13.9. The van der Waals surface area contributed by atoms with E-state index in [9.17, 15) is 23.5 Å². The number of halogens is 2. The highest BCUT2D eigenvalue weighted by Gasteiger charge is 2.41. The molecule has 1 N–H and O–H groups in total. The van der Waals surface area contributed by atoms with Crippen molar-refractivity contribution in [1.29, 1.82) is 0 Å². The van der Waals surface area contributed by atoms with E-state index in [1.807, 2.05) is 20.8 Å². The van der Waals surface area contributed by atoms with E-state index in [1.54, 1.807) is 6.07 Å². The summed E-state index contributed by atoms with van der Waals surface area (Å²) in [6, 6.07) is 2.83. The van der Waals surface area contributed by atoms with Crippen LogP contribution >= 0.6 is 0 Å². The van der Waals surface area contributed by atoms with Gasteiger partial charge < -0.3 is 24.0 Å². The van der Waals surface area contributed by atoms with Gasteiger partial charge in [-0.1, -0.05) is 20.8 Å². The largest absolute Gasteiger partial charge is 0.484 e. The predicted octanol–water partition coefficient (Wildman–Crippen LogP) is 3.47. The Bertz CT molecular complexity index is 1470. The van der Waals surface area contributed by atoms with Crippen molar-refractivity contribution in [3.63, 3.8) is 0 Å². The average molecular weight is 559 g/mol. The van der Waals surface area contributed by atoms with Gasteiger partial charge in [0.15, 0.2) is 17.4 Å². The molecule has 0 saturated carbocycles. The van der Waals surface area contributed by atoms with Gasteiger partial charge in [-0.05, 0) is 18.3 Å². The quantitative estimate of drug-likeness (QED) is 0.485. The number of carbonyl (C=O) groups is 1. The molecule has 1 aromatic carbocycles. The number of carboxylic acid groups (broad SMARTS) is 1. The van der Waals surface area contributed by atoms with E-state index < -0.39 is 34.7 Å². The molecule has 1 amide bonds. The van der Waals surface area contributed by atoms with Crippen LogP contribution in [0.1, 0.15) is 45.3 Å². The molecule has 4 heterocycles. The van der Waals surface area contributed by atoms with E-state index in [0.717, 1.165) is 18.3 Å². The van der Waals surface area contributed by atoms with Gasteiger partial charge in [-0.2, -0.15) is 0 Å². The smallest absolute Gasteiger partial charge is 0.408 e. The highest BCUT2D eigenvalue weighted by molar-refractivity contribution is 5.74. The number of likely N-dealkylation sites (tertiary alicyclic amines) is 1. The van der Waals surface area contributed by atoms with Crippen molar-refractivity contribution in [2.75, 3.05) is 32.8 Å². The molecular formula is C27H32F2N6O5. The molecule has 0 bridgehead atoms. The van der Waals surface area contributed by atoms with Crippen LogP contribution in [0.15, 0.2) is 29.2 Å². The summed E-state index contributed by atoms with van der Waals surface area (Å²) in [6.45, 7) is 8.59. The second-order valence-electron chi connectivity index (χ2n) is 11.2. The van der Waals surface area contributed by atoms with Crippen LogP contribution in [0, 0.1) is 17.0 Å². The summed E-state index contributed by atoms with van der Waals surface area (Å²) in [4.78, 5) is 32.7. The van der Waals surface area contributed by atoms with Gasteiger partial charge in [0.1, 0.15) is 13.2 Å². The van der Waals surface area contributed by atoms with Gasteiger partial charge in [0.2, 0.25) is 0 Å². The number of nitrogens with zero attached hydrogens (tertiary/aromatic N) is 6. The van der Waals surface area contributed by atoms with E-state index in [1.165, 1.54) is 9.47 Å². The van der Waals surface area contributed by atoms with Crippen molar-refractivity contribution in [3.8, 4) is 11.6 Å². The Morgan fingerprint density at radius 3 is 2.50 bits per heavy atom. The number of amides is 1. The van der Waals surface area contributed by atoms with Crippen LogP contribution < -0.4 is 15.0 Å². The van der Waals surface area contributed by atoms with Crippen LogP contribution in [0.2, 0.25) is 0 Å². The molecule has 11 nitrogen and oxygen atoms in total. The highest BCUT2D eigenvalue weighted by Crippen LogP contribution is 2.42. The van der Waals surface area contributed by atoms with Gasteiger partial charge in [-0.15, -0.1) is 10.2 Å². The fourth-order valence-electron chi connectivity index (χ4n) is 5.54. The Labute approximate surface area is 229 Å². The van der Waals surface area contributed by atoms with E-state index in [4.69, 9.17) is 9.47 Å². The van der Waals surface area contributed by atoms with E-state index in [0.29, 0.717) is 63.0 Å². The van der Waals surface area contributed by atoms with E-state index in [2.05, 4.69) is 20.1 Å². The zero-order chi connectivity index (χ0) is 28.6. The number of rotatable bonds is 6. The second kappa shape index (κ2) is 11.0. The lowest BCUT2D eigenvalue weighted by Gasteiger charge is -2.45. The van der Waals surface area contributed by atoms with Crippen molar-refractivity contribution in [1.82, 2.24) is 29.5 Å². The van der Waals surface area contributed by atoms with Gasteiger partial charge in [-0.25, -0.2) is 18.6 Å². The van der Waals surface area contributed by atoms with E-state index >= 15 is 0 Å². The van der Waals surface area contributed by atoms with Crippen molar-refractivity contribution < 1.29 is 28.2 Å². The number of benzene rings is 1. The first-order chi connectivity index (χ1) is 19.0. The van der Waals surface area contributed by atoms with Gasteiger partial charge in [0.05, 0.1) is 29.0 Å². The second-order valence-corrected chi connectivity index (χ2v) is 11.2. The standard InChI is InChI=1S/C27H32F2N6O5/c1-27(2,3)24(20-14-22-25(32-31-20)40-11-10-39-22)35(26(37)38)16-4-6-33(7-5-16)8-9-34-21-13-18(29)17(28)12-19(21)30-15-23(34)36/h12-16,24H,4-11H2,1-3H3,(H,37,38). The maximum Gasteiger partial charge on any atom is 0.408 e. The summed E-state index contributed by atoms with van der Waals surface area (Å²) in [5, 5.41) is 18.8. The van der Waals surface area contributed by atoms with Crippen molar-refractivity contribution in [3.05, 3.63) is 52.1 Å². The normalized spacial score (nSPS) is 17.1. The lowest BCUT2D eigenvalue weighted by atomic mass is 9.82. The van der Waals surface area contributed by atoms with Crippen LogP contribution in [0.3, 0.4) is 0 Å². The molecule has 13 heteroatoms. The predicted molar refractivity (Wildman–Crippen MR) is 140 cm³/mol. The average Bonchev–Trinajstić information content (AvgIpc) is 2.91. The van der Waals surface area contributed by atoms with Gasteiger partial charge in [0, 0.05) is 50.4 Å². The van der Waals surface area contributed by atoms with Gasteiger partial charge >= 0.3 is 6.09 Å². The Morgan fingerprint density at radius 1 is 1.10 bits per heavy atom. The summed E-state index contributed by atoms with van der Waals surface area (Å²) in [7, 11) is 0. The van der Waals surface area contributed by atoms with Crippen LogP contribution in [0.25, 0.3) is 11.0 Å². The Hall–Kier alpha value is -3.87. The van der Waals surface area contributed by atoms with Crippen LogP contribution in [-0.4, -0.2) is 79.6 Å². The monoisotopic (exact) mass is 558 g/mol. The fourth-order valence-corrected chi connectivity index (χ4v) is 5.54. The summed E-state index contributed by atoms with van der Waals surface area (Å²) in [5.41, 5.74) is 0.0246. The molecule has 214 valence electrons. The SMILES string of the molecule is CC(C)(C)C(c1cc2c(nn1)OCCO2)N(C(=O)O)C1CCN(CCn2c(=O)cnc3cc(F)c(F)cc32)CC1. The lowest BCUT2D eigenvalue weighted by Crippen LogP contribution is -2.51. The van der Waals surface area contributed by atoms with E-state index in [-0.39, 0.29) is 23.6 Å². The van der Waals surface area contributed by atoms with Crippen LogP contribution in [0.4, 0.5) is 13.6 Å². The Kier molecular flexibility index (Phi) is 7.58. The molecule has 0 radical (unpaired) electrons. The molecule has 2 aromatic heterocycles. The topological polar surface area (TPSA) is 123 Å². The number of hydrogen-bond donors (Lipinski definition) is 1. The molecule has 5 rings (SSSR count). The molecule has 1 saturated heterocycles. The zero-order valence-electron chi connectivity index (χ0n) is 22.6. The molecule has 0 aliphatic carbocycles. The van der Waals surface area contributed by atoms with Crippen LogP contribution in [0.5, 0.6) is 11.6 Å².